The number of hydrogen-bond acceptors (Lipinski definition) is 2. The Kier molecular flexibility index (Phi) is 3.08. The van der Waals surface area contributed by atoms with Crippen LogP contribution in [0.5, 0.6) is 0 Å². The zero-order valence-corrected chi connectivity index (χ0v) is 9.79. The molecule has 1 N–H and O–H groups in total. The van der Waals surface area contributed by atoms with Crippen LogP contribution in [0.15, 0.2) is 16.9 Å². The number of H-pyrrole nitrogens is 1. The van der Waals surface area contributed by atoms with Gasteiger partial charge in [-0.05, 0) is 25.5 Å². The van der Waals surface area contributed by atoms with Crippen molar-refractivity contribution in [3.63, 3.8) is 0 Å². The Bertz CT molecular complexity index is 539. The zero-order valence-electron chi connectivity index (χ0n) is 9.79. The minimum atomic E-state index is -0.0517. The number of unbranched alkanes of at least 4 members (excludes halogenated alkanes) is 2. The predicted octanol–water partition coefficient (Wildman–Crippen LogP) is 2.22. The lowest BCUT2D eigenvalue weighted by atomic mass is 10.2. The molecule has 0 atom stereocenters. The fourth-order valence-electron chi connectivity index (χ4n) is 1.85. The molecule has 0 amide bonds. The van der Waals surface area contributed by atoms with Crippen LogP contribution in [0.25, 0.3) is 11.2 Å². The van der Waals surface area contributed by atoms with Gasteiger partial charge in [0.1, 0.15) is 0 Å². The number of aryl methyl sites for hydroxylation is 2. The van der Waals surface area contributed by atoms with Crippen LogP contribution >= 0.6 is 0 Å². The van der Waals surface area contributed by atoms with Gasteiger partial charge in [-0.1, -0.05) is 19.8 Å². The van der Waals surface area contributed by atoms with Crippen molar-refractivity contribution in [1.29, 1.82) is 0 Å². The smallest absolute Gasteiger partial charge is 0.304 e. The largest absolute Gasteiger partial charge is 0.327 e. The van der Waals surface area contributed by atoms with Crippen LogP contribution < -0.4 is 5.69 Å². The Morgan fingerprint density at radius 3 is 2.94 bits per heavy atom. The number of aromatic nitrogens is 3. The van der Waals surface area contributed by atoms with E-state index in [0.717, 1.165) is 42.7 Å². The second-order valence-corrected chi connectivity index (χ2v) is 4.11. The summed E-state index contributed by atoms with van der Waals surface area (Å²) >= 11 is 0. The van der Waals surface area contributed by atoms with E-state index in [1.54, 1.807) is 4.57 Å². The highest BCUT2D eigenvalue weighted by Crippen LogP contribution is 2.09. The van der Waals surface area contributed by atoms with Gasteiger partial charge in [0.05, 0.1) is 5.52 Å². The summed E-state index contributed by atoms with van der Waals surface area (Å²) in [5.41, 5.74) is 2.49. The lowest BCUT2D eigenvalue weighted by Crippen LogP contribution is -2.17. The fourth-order valence-corrected chi connectivity index (χ4v) is 1.85. The number of aromatic amines is 1. The molecule has 0 aliphatic rings. The third-order valence-corrected chi connectivity index (χ3v) is 2.74. The zero-order chi connectivity index (χ0) is 11.5. The first-order valence-electron chi connectivity index (χ1n) is 5.78. The number of pyridine rings is 1. The van der Waals surface area contributed by atoms with Gasteiger partial charge >= 0.3 is 5.69 Å². The highest BCUT2D eigenvalue weighted by Gasteiger charge is 2.07. The monoisotopic (exact) mass is 219 g/mol. The first kappa shape index (κ1) is 10.9. The number of hydrogen-bond donors (Lipinski definition) is 1. The summed E-state index contributed by atoms with van der Waals surface area (Å²) in [4.78, 5) is 18.9. The molecule has 0 aromatic carbocycles. The van der Waals surface area contributed by atoms with Crippen LogP contribution in [0.2, 0.25) is 0 Å². The average Bonchev–Trinajstić information content (AvgIpc) is 2.56. The number of nitrogens with zero attached hydrogens (tertiary/aromatic N) is 2. The van der Waals surface area contributed by atoms with Crippen molar-refractivity contribution in [3.8, 4) is 0 Å². The molecule has 0 spiro atoms. The molecule has 0 unspecified atom stereocenters. The van der Waals surface area contributed by atoms with E-state index in [1.165, 1.54) is 0 Å². The Morgan fingerprint density at radius 2 is 2.19 bits per heavy atom. The first-order valence-corrected chi connectivity index (χ1v) is 5.78. The molecule has 4 heteroatoms. The molecule has 0 aliphatic carbocycles. The number of fused-ring (bicyclic) bond motifs is 1. The first-order chi connectivity index (χ1) is 7.72. The fraction of sp³-hybridized carbons (Fsp3) is 0.500. The minimum absolute atomic E-state index is 0.0517. The Morgan fingerprint density at radius 1 is 1.38 bits per heavy atom. The Balaban J connectivity index is 2.38. The van der Waals surface area contributed by atoms with Crippen molar-refractivity contribution in [3.05, 3.63) is 28.3 Å². The van der Waals surface area contributed by atoms with Gasteiger partial charge in [-0.25, -0.2) is 9.78 Å². The molecular formula is C12H17N3O. The maximum absolute atomic E-state index is 11.7. The van der Waals surface area contributed by atoms with Crippen LogP contribution in [-0.4, -0.2) is 14.5 Å². The van der Waals surface area contributed by atoms with Gasteiger partial charge in [0.15, 0.2) is 5.65 Å². The molecular weight excluding hydrogens is 202 g/mol. The van der Waals surface area contributed by atoms with E-state index in [2.05, 4.69) is 16.9 Å². The highest BCUT2D eigenvalue weighted by molar-refractivity contribution is 5.70. The van der Waals surface area contributed by atoms with Gasteiger partial charge in [0.2, 0.25) is 0 Å². The number of nitrogens with one attached hydrogen (secondary N) is 1. The molecule has 2 aromatic heterocycles. The van der Waals surface area contributed by atoms with Crippen molar-refractivity contribution >= 4 is 11.2 Å². The summed E-state index contributed by atoms with van der Waals surface area (Å²) in [7, 11) is 0. The van der Waals surface area contributed by atoms with Crippen molar-refractivity contribution < 1.29 is 0 Å². The van der Waals surface area contributed by atoms with Crippen LogP contribution in [0.3, 0.4) is 0 Å². The lowest BCUT2D eigenvalue weighted by Gasteiger charge is -2.01. The maximum Gasteiger partial charge on any atom is 0.327 e. The molecule has 0 fully saturated rings. The van der Waals surface area contributed by atoms with E-state index in [9.17, 15) is 4.79 Å². The van der Waals surface area contributed by atoms with E-state index in [0.29, 0.717) is 0 Å². The van der Waals surface area contributed by atoms with Gasteiger partial charge in [-0.15, -0.1) is 0 Å². The molecule has 0 aliphatic heterocycles. The third-order valence-electron chi connectivity index (χ3n) is 2.74. The molecule has 0 bridgehead atoms. The third kappa shape index (κ3) is 2.01. The Hall–Kier alpha value is -1.58. The van der Waals surface area contributed by atoms with Gasteiger partial charge < -0.3 is 4.98 Å². The van der Waals surface area contributed by atoms with E-state index >= 15 is 0 Å². The topological polar surface area (TPSA) is 50.7 Å². The van der Waals surface area contributed by atoms with E-state index in [-0.39, 0.29) is 5.69 Å². The van der Waals surface area contributed by atoms with Gasteiger partial charge in [-0.2, -0.15) is 0 Å². The van der Waals surface area contributed by atoms with Crippen molar-refractivity contribution in [2.75, 3.05) is 0 Å². The van der Waals surface area contributed by atoms with E-state index < -0.39 is 0 Å². The minimum Gasteiger partial charge on any atom is -0.304 e. The molecule has 0 radical (unpaired) electrons. The summed E-state index contributed by atoms with van der Waals surface area (Å²) in [6.45, 7) is 4.84. The standard InChI is InChI=1S/C12H17N3O/c1-3-4-5-8-15-11-10(14-12(15)16)7-6-9(2)13-11/h6-7H,3-5,8H2,1-2H3,(H,14,16). The van der Waals surface area contributed by atoms with Crippen molar-refractivity contribution in [2.24, 2.45) is 0 Å². The molecule has 2 heterocycles. The molecule has 0 saturated heterocycles. The summed E-state index contributed by atoms with van der Waals surface area (Å²) in [5.74, 6) is 0. The highest BCUT2D eigenvalue weighted by atomic mass is 16.1. The van der Waals surface area contributed by atoms with Crippen LogP contribution in [-0.2, 0) is 6.54 Å². The van der Waals surface area contributed by atoms with Crippen LogP contribution in [0, 0.1) is 6.92 Å². The normalized spacial score (nSPS) is 11.1. The summed E-state index contributed by atoms with van der Waals surface area (Å²) in [6, 6.07) is 3.82. The number of imidazole rings is 1. The average molecular weight is 219 g/mol. The summed E-state index contributed by atoms with van der Waals surface area (Å²) < 4.78 is 1.73. The molecule has 16 heavy (non-hydrogen) atoms. The Labute approximate surface area is 94.3 Å². The second-order valence-electron chi connectivity index (χ2n) is 4.11. The summed E-state index contributed by atoms with van der Waals surface area (Å²) in [5, 5.41) is 0. The van der Waals surface area contributed by atoms with Crippen LogP contribution in [0.4, 0.5) is 0 Å². The van der Waals surface area contributed by atoms with Crippen molar-refractivity contribution in [2.45, 2.75) is 39.7 Å². The molecule has 2 rings (SSSR count). The molecule has 0 saturated carbocycles. The van der Waals surface area contributed by atoms with Gasteiger partial charge in [0.25, 0.3) is 0 Å². The second kappa shape index (κ2) is 4.51. The van der Waals surface area contributed by atoms with E-state index in [1.807, 2.05) is 19.1 Å². The van der Waals surface area contributed by atoms with Crippen LogP contribution in [0.1, 0.15) is 31.9 Å². The lowest BCUT2D eigenvalue weighted by molar-refractivity contribution is 0.597. The quantitative estimate of drug-likeness (QED) is 0.801. The predicted molar refractivity (Wildman–Crippen MR) is 64.6 cm³/mol. The van der Waals surface area contributed by atoms with Gasteiger partial charge in [-0.3, -0.25) is 4.57 Å². The SMILES string of the molecule is CCCCCn1c(=O)[nH]c2ccc(C)nc21. The maximum atomic E-state index is 11.7. The van der Waals surface area contributed by atoms with E-state index in [4.69, 9.17) is 0 Å². The molecule has 2 aromatic rings. The van der Waals surface area contributed by atoms with Gasteiger partial charge in [0, 0.05) is 12.2 Å². The molecule has 4 nitrogen and oxygen atoms in total. The number of rotatable bonds is 4. The molecule has 86 valence electrons. The van der Waals surface area contributed by atoms with Crippen molar-refractivity contribution in [1.82, 2.24) is 14.5 Å². The summed E-state index contributed by atoms with van der Waals surface area (Å²) in [6.07, 6.45) is 3.33.